The first-order valence-corrected chi connectivity index (χ1v) is 3.86. The highest BCUT2D eigenvalue weighted by Crippen LogP contribution is 2.04. The second-order valence-electron chi connectivity index (χ2n) is 2.44. The van der Waals surface area contributed by atoms with Gasteiger partial charge in [0.2, 0.25) is 0 Å². The number of hydrogen-bond donors (Lipinski definition) is 1. The first kappa shape index (κ1) is 11.6. The summed E-state index contributed by atoms with van der Waals surface area (Å²) in [5.74, 6) is 0.612. The summed E-state index contributed by atoms with van der Waals surface area (Å²) in [6.07, 6.45) is 2.11. The molecule has 0 radical (unpaired) electrons. The molecule has 0 aliphatic rings. The van der Waals surface area contributed by atoms with Crippen LogP contribution in [0.1, 0.15) is 13.3 Å². The Morgan fingerprint density at radius 3 is 2.69 bits per heavy atom. The monoisotopic (exact) mass is 186 g/mol. The highest BCUT2D eigenvalue weighted by atomic mass is 16.7. The minimum atomic E-state index is -1.27. The van der Waals surface area contributed by atoms with Gasteiger partial charge in [0.1, 0.15) is 11.9 Å². The van der Waals surface area contributed by atoms with Gasteiger partial charge in [0.05, 0.1) is 7.11 Å². The quantitative estimate of drug-likeness (QED) is 0.406. The third kappa shape index (κ3) is 5.78. The van der Waals surface area contributed by atoms with E-state index in [-0.39, 0.29) is 6.10 Å². The minimum absolute atomic E-state index is 0.373. The van der Waals surface area contributed by atoms with Crippen molar-refractivity contribution in [2.75, 3.05) is 7.11 Å². The van der Waals surface area contributed by atoms with Crippen LogP contribution >= 0.6 is 0 Å². The fourth-order valence-electron chi connectivity index (χ4n) is 0.752. The van der Waals surface area contributed by atoms with Crippen molar-refractivity contribution in [3.63, 3.8) is 0 Å². The van der Waals surface area contributed by atoms with Gasteiger partial charge >= 0.3 is 6.16 Å². The normalized spacial score (nSPS) is 13.2. The van der Waals surface area contributed by atoms with Gasteiger partial charge in [-0.05, 0) is 19.1 Å². The van der Waals surface area contributed by atoms with E-state index in [1.165, 1.54) is 7.11 Å². The Bertz CT molecular complexity index is 208. The molecule has 74 valence electrons. The SMILES string of the molecule is C=C/C(=C\C[C@H](C)OC(=O)O)OC. The zero-order valence-electron chi connectivity index (χ0n) is 7.82. The molecule has 0 aromatic rings. The Labute approximate surface area is 77.5 Å². The van der Waals surface area contributed by atoms with Crippen molar-refractivity contribution in [2.45, 2.75) is 19.4 Å². The molecule has 0 amide bonds. The Morgan fingerprint density at radius 2 is 2.31 bits per heavy atom. The lowest BCUT2D eigenvalue weighted by atomic mass is 10.2. The Balaban J connectivity index is 3.91. The number of methoxy groups -OCH3 is 1. The van der Waals surface area contributed by atoms with Gasteiger partial charge in [-0.25, -0.2) is 4.79 Å². The lowest BCUT2D eigenvalue weighted by molar-refractivity contribution is 0.0599. The number of carbonyl (C=O) groups is 1. The zero-order chi connectivity index (χ0) is 10.3. The van der Waals surface area contributed by atoms with Gasteiger partial charge in [0, 0.05) is 6.42 Å². The van der Waals surface area contributed by atoms with E-state index in [4.69, 9.17) is 9.84 Å². The van der Waals surface area contributed by atoms with Gasteiger partial charge in [0.25, 0.3) is 0 Å². The van der Waals surface area contributed by atoms with E-state index in [1.807, 2.05) is 0 Å². The van der Waals surface area contributed by atoms with E-state index < -0.39 is 6.16 Å². The lowest BCUT2D eigenvalue weighted by Gasteiger charge is -2.07. The number of allylic oxidation sites excluding steroid dienone is 1. The summed E-state index contributed by atoms with van der Waals surface area (Å²) in [7, 11) is 1.52. The highest BCUT2D eigenvalue weighted by molar-refractivity contribution is 5.57. The summed E-state index contributed by atoms with van der Waals surface area (Å²) in [5, 5.41) is 8.27. The summed E-state index contributed by atoms with van der Waals surface area (Å²) in [4.78, 5) is 10.1. The predicted octanol–water partition coefficient (Wildman–Crippen LogP) is 2.18. The second-order valence-corrected chi connectivity index (χ2v) is 2.44. The van der Waals surface area contributed by atoms with Crippen LogP contribution in [-0.2, 0) is 9.47 Å². The van der Waals surface area contributed by atoms with Crippen LogP contribution in [0.5, 0.6) is 0 Å². The number of rotatable bonds is 5. The Hall–Kier alpha value is -1.45. The van der Waals surface area contributed by atoms with Crippen molar-refractivity contribution in [3.05, 3.63) is 24.5 Å². The average molecular weight is 186 g/mol. The van der Waals surface area contributed by atoms with E-state index in [1.54, 1.807) is 19.1 Å². The summed E-state index contributed by atoms with van der Waals surface area (Å²) in [6.45, 7) is 5.19. The number of carboxylic acid groups (broad SMARTS) is 1. The lowest BCUT2D eigenvalue weighted by Crippen LogP contribution is -2.11. The van der Waals surface area contributed by atoms with Crippen molar-refractivity contribution in [1.82, 2.24) is 0 Å². The maximum absolute atomic E-state index is 10.1. The van der Waals surface area contributed by atoms with Gasteiger partial charge in [-0.2, -0.15) is 0 Å². The van der Waals surface area contributed by atoms with Crippen LogP contribution in [0.2, 0.25) is 0 Å². The summed E-state index contributed by atoms with van der Waals surface area (Å²) in [6, 6.07) is 0. The molecule has 0 rings (SSSR count). The van der Waals surface area contributed by atoms with Crippen molar-refractivity contribution in [1.29, 1.82) is 0 Å². The van der Waals surface area contributed by atoms with Crippen molar-refractivity contribution in [3.8, 4) is 0 Å². The largest absolute Gasteiger partial charge is 0.506 e. The molecule has 0 bridgehead atoms. The van der Waals surface area contributed by atoms with E-state index in [0.717, 1.165) is 0 Å². The maximum atomic E-state index is 10.1. The summed E-state index contributed by atoms with van der Waals surface area (Å²) in [5.41, 5.74) is 0. The van der Waals surface area contributed by atoms with E-state index >= 15 is 0 Å². The molecule has 1 N–H and O–H groups in total. The van der Waals surface area contributed by atoms with Crippen LogP contribution in [-0.4, -0.2) is 24.5 Å². The van der Waals surface area contributed by atoms with Crippen molar-refractivity contribution < 1.29 is 19.4 Å². The maximum Gasteiger partial charge on any atom is 0.506 e. The highest BCUT2D eigenvalue weighted by Gasteiger charge is 2.05. The molecule has 0 aliphatic carbocycles. The molecular weight excluding hydrogens is 172 g/mol. The zero-order valence-corrected chi connectivity index (χ0v) is 7.82. The molecule has 0 unspecified atom stereocenters. The molecule has 4 heteroatoms. The Morgan fingerprint density at radius 1 is 1.69 bits per heavy atom. The van der Waals surface area contributed by atoms with E-state index in [9.17, 15) is 4.79 Å². The number of hydrogen-bond acceptors (Lipinski definition) is 3. The molecule has 4 nitrogen and oxygen atoms in total. The van der Waals surface area contributed by atoms with Gasteiger partial charge in [-0.3, -0.25) is 0 Å². The Kier molecular flexibility index (Phi) is 5.43. The molecule has 0 spiro atoms. The molecule has 0 aliphatic heterocycles. The smallest absolute Gasteiger partial charge is 0.497 e. The average Bonchev–Trinajstić information content (AvgIpc) is 2.05. The third-order valence-corrected chi connectivity index (χ3v) is 1.39. The first-order chi connectivity index (χ1) is 6.10. The summed E-state index contributed by atoms with van der Waals surface area (Å²) < 4.78 is 9.37. The first-order valence-electron chi connectivity index (χ1n) is 3.86. The molecule has 0 saturated heterocycles. The topological polar surface area (TPSA) is 55.8 Å². The second kappa shape index (κ2) is 6.11. The van der Waals surface area contributed by atoms with Gasteiger partial charge in [0.15, 0.2) is 0 Å². The van der Waals surface area contributed by atoms with Crippen LogP contribution in [0.4, 0.5) is 4.79 Å². The molecule has 0 aromatic carbocycles. The van der Waals surface area contributed by atoms with E-state index in [0.29, 0.717) is 12.2 Å². The van der Waals surface area contributed by atoms with Gasteiger partial charge in [-0.15, -0.1) is 0 Å². The predicted molar refractivity (Wildman–Crippen MR) is 48.5 cm³/mol. The fourth-order valence-corrected chi connectivity index (χ4v) is 0.752. The van der Waals surface area contributed by atoms with Gasteiger partial charge in [-0.1, -0.05) is 6.58 Å². The van der Waals surface area contributed by atoms with Crippen molar-refractivity contribution in [2.24, 2.45) is 0 Å². The molecule has 0 fully saturated rings. The molecule has 0 heterocycles. The molecule has 0 saturated carbocycles. The standard InChI is InChI=1S/C9H14O4/c1-4-8(12-3)6-5-7(2)13-9(10)11/h4,6-7H,1,5H2,2-3H3,(H,10,11)/b8-6+/t7-/m0/s1. The van der Waals surface area contributed by atoms with Crippen LogP contribution in [0.25, 0.3) is 0 Å². The van der Waals surface area contributed by atoms with Crippen LogP contribution < -0.4 is 0 Å². The van der Waals surface area contributed by atoms with E-state index in [2.05, 4.69) is 11.3 Å². The molecule has 13 heavy (non-hydrogen) atoms. The molecule has 0 aromatic heterocycles. The van der Waals surface area contributed by atoms with Crippen LogP contribution in [0.15, 0.2) is 24.5 Å². The van der Waals surface area contributed by atoms with Gasteiger partial charge < -0.3 is 14.6 Å². The third-order valence-electron chi connectivity index (χ3n) is 1.39. The van der Waals surface area contributed by atoms with Crippen LogP contribution in [0, 0.1) is 0 Å². The molecular formula is C9H14O4. The number of ether oxygens (including phenoxy) is 2. The fraction of sp³-hybridized carbons (Fsp3) is 0.444. The molecule has 1 atom stereocenters. The minimum Gasteiger partial charge on any atom is -0.497 e. The van der Waals surface area contributed by atoms with Crippen molar-refractivity contribution >= 4 is 6.16 Å². The van der Waals surface area contributed by atoms with Crippen LogP contribution in [0.3, 0.4) is 0 Å². The summed E-state index contributed by atoms with van der Waals surface area (Å²) >= 11 is 0.